The molecule has 0 atom stereocenters. The lowest BCUT2D eigenvalue weighted by molar-refractivity contribution is 0.597. The summed E-state index contributed by atoms with van der Waals surface area (Å²) in [5, 5.41) is 4.18. The Hall–Kier alpha value is -1.89. The maximum Gasteiger partial charge on any atom is 0.160 e. The third-order valence-corrected chi connectivity index (χ3v) is 4.34. The Morgan fingerprint density at radius 3 is 2.50 bits per heavy atom. The topological polar surface area (TPSA) is 78.0 Å². The van der Waals surface area contributed by atoms with Crippen LogP contribution in [0.5, 0.6) is 0 Å². The fourth-order valence-corrected chi connectivity index (χ4v) is 3.55. The van der Waals surface area contributed by atoms with E-state index in [-0.39, 0.29) is 17.3 Å². The number of hydrogen-bond acceptors (Lipinski definition) is 4. The van der Waals surface area contributed by atoms with Gasteiger partial charge in [0.15, 0.2) is 9.84 Å². The predicted molar refractivity (Wildman–Crippen MR) is 64.3 cm³/mol. The van der Waals surface area contributed by atoms with Crippen LogP contribution in [-0.2, 0) is 21.3 Å². The van der Waals surface area contributed by atoms with Crippen molar-refractivity contribution in [3.8, 4) is 5.69 Å². The number of nitrogens with zero attached hydrogens (tertiary/aromatic N) is 2. The fourth-order valence-electron chi connectivity index (χ4n) is 2.04. The Labute approximate surface area is 103 Å². The average Bonchev–Trinajstić information content (AvgIpc) is 2.75. The monoisotopic (exact) mass is 267 g/mol. The number of rotatable bonds is 1. The number of anilines is 1. The van der Waals surface area contributed by atoms with E-state index in [1.165, 1.54) is 16.8 Å². The Bertz CT molecular complexity index is 719. The number of benzene rings is 1. The van der Waals surface area contributed by atoms with Gasteiger partial charge in [0.25, 0.3) is 0 Å². The van der Waals surface area contributed by atoms with Gasteiger partial charge in [-0.2, -0.15) is 5.10 Å². The van der Waals surface area contributed by atoms with Crippen LogP contribution in [0.25, 0.3) is 5.69 Å². The number of nitrogen functional groups attached to an aromatic ring is 1. The maximum atomic E-state index is 12.8. The molecule has 3 rings (SSSR count). The highest BCUT2D eigenvalue weighted by atomic mass is 32.2. The summed E-state index contributed by atoms with van der Waals surface area (Å²) in [6, 6.07) is 5.70. The molecule has 2 N–H and O–H groups in total. The average molecular weight is 267 g/mol. The van der Waals surface area contributed by atoms with Gasteiger partial charge in [-0.3, -0.25) is 0 Å². The molecular formula is C11H10FN3O2S. The zero-order valence-electron chi connectivity index (χ0n) is 9.30. The molecule has 1 aromatic carbocycles. The molecule has 0 amide bonds. The van der Waals surface area contributed by atoms with Crippen molar-refractivity contribution in [2.45, 2.75) is 11.5 Å². The molecule has 18 heavy (non-hydrogen) atoms. The molecule has 0 unspecified atom stereocenters. The van der Waals surface area contributed by atoms with E-state index in [1.54, 1.807) is 12.1 Å². The lowest BCUT2D eigenvalue weighted by Gasteiger charge is -2.05. The second-order valence-electron chi connectivity index (χ2n) is 4.23. The van der Waals surface area contributed by atoms with Crippen molar-refractivity contribution < 1.29 is 12.8 Å². The maximum absolute atomic E-state index is 12.8. The molecule has 0 fully saturated rings. The van der Waals surface area contributed by atoms with Gasteiger partial charge < -0.3 is 5.73 Å². The summed E-state index contributed by atoms with van der Waals surface area (Å²) in [5.74, 6) is -0.201. The van der Waals surface area contributed by atoms with Crippen molar-refractivity contribution in [1.29, 1.82) is 0 Å². The second kappa shape index (κ2) is 3.55. The van der Waals surface area contributed by atoms with E-state index in [9.17, 15) is 12.8 Å². The summed E-state index contributed by atoms with van der Waals surface area (Å²) in [6.45, 7) is 0. The highest BCUT2D eigenvalue weighted by Gasteiger charge is 2.31. The number of hydrogen-bond donors (Lipinski definition) is 1. The lowest BCUT2D eigenvalue weighted by Crippen LogP contribution is -2.06. The van der Waals surface area contributed by atoms with E-state index >= 15 is 0 Å². The Morgan fingerprint density at radius 1 is 1.22 bits per heavy atom. The van der Waals surface area contributed by atoms with Gasteiger partial charge in [0.2, 0.25) is 0 Å². The van der Waals surface area contributed by atoms with Gasteiger partial charge in [0.05, 0.1) is 22.9 Å². The molecule has 0 saturated heterocycles. The van der Waals surface area contributed by atoms with E-state index in [2.05, 4.69) is 5.10 Å². The molecule has 1 aliphatic rings. The quantitative estimate of drug-likeness (QED) is 0.836. The molecule has 0 radical (unpaired) electrons. The number of fused-ring (bicyclic) bond motifs is 1. The van der Waals surface area contributed by atoms with Crippen LogP contribution in [0.1, 0.15) is 11.3 Å². The molecule has 0 spiro atoms. The van der Waals surface area contributed by atoms with Crippen molar-refractivity contribution in [2.24, 2.45) is 0 Å². The van der Waals surface area contributed by atoms with E-state index in [1.807, 2.05) is 0 Å². The van der Waals surface area contributed by atoms with Gasteiger partial charge in [0, 0.05) is 5.56 Å². The summed E-state index contributed by atoms with van der Waals surface area (Å²) in [6.07, 6.45) is 0. The van der Waals surface area contributed by atoms with E-state index in [4.69, 9.17) is 5.73 Å². The van der Waals surface area contributed by atoms with E-state index in [0.29, 0.717) is 22.8 Å². The molecule has 1 aromatic heterocycles. The summed E-state index contributed by atoms with van der Waals surface area (Å²) in [4.78, 5) is 0. The standard InChI is InChI=1S/C11H10FN3O2S/c12-7-1-3-8(4-2-7)15-11(13)9-5-18(16,17)6-10(9)14-15/h1-4H,5-6,13H2. The summed E-state index contributed by atoms with van der Waals surface area (Å²) < 4.78 is 37.1. The van der Waals surface area contributed by atoms with Crippen LogP contribution in [-0.4, -0.2) is 18.2 Å². The summed E-state index contributed by atoms with van der Waals surface area (Å²) in [7, 11) is -3.11. The normalized spacial score (nSPS) is 16.7. The molecule has 2 aromatic rings. The molecule has 1 aliphatic heterocycles. The first-order chi connectivity index (χ1) is 8.46. The van der Waals surface area contributed by atoms with Crippen LogP contribution in [0.2, 0.25) is 0 Å². The zero-order valence-corrected chi connectivity index (χ0v) is 10.1. The van der Waals surface area contributed by atoms with Crippen molar-refractivity contribution in [3.05, 3.63) is 41.3 Å². The molecule has 94 valence electrons. The lowest BCUT2D eigenvalue weighted by atomic mass is 10.3. The van der Waals surface area contributed by atoms with Gasteiger partial charge in [-0.25, -0.2) is 17.5 Å². The first-order valence-corrected chi connectivity index (χ1v) is 7.11. The number of halogens is 1. The zero-order chi connectivity index (χ0) is 12.9. The number of nitrogens with two attached hydrogens (primary N) is 1. The van der Waals surface area contributed by atoms with Crippen LogP contribution in [0.4, 0.5) is 10.2 Å². The molecular weight excluding hydrogens is 257 g/mol. The molecule has 0 bridgehead atoms. The largest absolute Gasteiger partial charge is 0.383 e. The Balaban J connectivity index is 2.10. The fraction of sp³-hybridized carbons (Fsp3) is 0.182. The highest BCUT2D eigenvalue weighted by molar-refractivity contribution is 7.90. The van der Waals surface area contributed by atoms with Crippen LogP contribution >= 0.6 is 0 Å². The van der Waals surface area contributed by atoms with E-state index < -0.39 is 9.84 Å². The van der Waals surface area contributed by atoms with Gasteiger partial charge in [-0.15, -0.1) is 0 Å². The van der Waals surface area contributed by atoms with Crippen molar-refractivity contribution in [3.63, 3.8) is 0 Å². The van der Waals surface area contributed by atoms with Crippen LogP contribution in [0, 0.1) is 5.82 Å². The third kappa shape index (κ3) is 1.67. The van der Waals surface area contributed by atoms with Gasteiger partial charge in [0.1, 0.15) is 11.6 Å². The van der Waals surface area contributed by atoms with Crippen LogP contribution in [0.15, 0.2) is 24.3 Å². The smallest absolute Gasteiger partial charge is 0.160 e. The van der Waals surface area contributed by atoms with Crippen LogP contribution in [0.3, 0.4) is 0 Å². The second-order valence-corrected chi connectivity index (χ2v) is 6.30. The SMILES string of the molecule is Nc1c2c(nn1-c1ccc(F)cc1)CS(=O)(=O)C2. The minimum absolute atomic E-state index is 0.0740. The predicted octanol–water partition coefficient (Wildman–Crippen LogP) is 1.02. The molecule has 0 aliphatic carbocycles. The summed E-state index contributed by atoms with van der Waals surface area (Å²) >= 11 is 0. The van der Waals surface area contributed by atoms with Gasteiger partial charge in [-0.1, -0.05) is 0 Å². The van der Waals surface area contributed by atoms with Crippen molar-refractivity contribution in [1.82, 2.24) is 9.78 Å². The summed E-state index contributed by atoms with van der Waals surface area (Å²) in [5.41, 5.74) is 7.54. The first-order valence-electron chi connectivity index (χ1n) is 5.29. The van der Waals surface area contributed by atoms with Crippen molar-refractivity contribution >= 4 is 15.7 Å². The first kappa shape index (κ1) is 11.2. The minimum atomic E-state index is -3.11. The Morgan fingerprint density at radius 2 is 1.89 bits per heavy atom. The van der Waals surface area contributed by atoms with Crippen LogP contribution < -0.4 is 5.73 Å². The molecule has 2 heterocycles. The number of sulfone groups is 1. The van der Waals surface area contributed by atoms with Gasteiger partial charge in [-0.05, 0) is 24.3 Å². The molecule has 5 nitrogen and oxygen atoms in total. The molecule has 7 heteroatoms. The minimum Gasteiger partial charge on any atom is -0.383 e. The third-order valence-electron chi connectivity index (χ3n) is 2.90. The Kier molecular flexibility index (Phi) is 2.21. The number of aromatic nitrogens is 2. The van der Waals surface area contributed by atoms with E-state index in [0.717, 1.165) is 0 Å². The van der Waals surface area contributed by atoms with Gasteiger partial charge >= 0.3 is 0 Å². The molecule has 0 saturated carbocycles. The highest BCUT2D eigenvalue weighted by Crippen LogP contribution is 2.30. The van der Waals surface area contributed by atoms with Crippen molar-refractivity contribution in [2.75, 3.05) is 5.73 Å².